The standard InChI is InChI=1S/C24H24N4O3/c1-16-6-7-18(22(29)31-24(2,3)4)14-20(16)27-23-25-15-21(30-23)17-8-10-19(11-9-17)28-13-5-12-26-28/h5-15H,1-4H3,(H,25,27). The third-order valence-electron chi connectivity index (χ3n) is 4.54. The zero-order valence-electron chi connectivity index (χ0n) is 17.9. The van der Waals surface area contributed by atoms with Crippen molar-refractivity contribution >= 4 is 17.7 Å². The van der Waals surface area contributed by atoms with Crippen molar-refractivity contribution in [3.8, 4) is 17.0 Å². The molecule has 0 saturated heterocycles. The van der Waals surface area contributed by atoms with Crippen molar-refractivity contribution in [3.05, 3.63) is 78.2 Å². The summed E-state index contributed by atoms with van der Waals surface area (Å²) in [5.41, 5.74) is 3.45. The van der Waals surface area contributed by atoms with Gasteiger partial charge in [-0.3, -0.25) is 0 Å². The minimum Gasteiger partial charge on any atom is -0.456 e. The van der Waals surface area contributed by atoms with E-state index in [0.29, 0.717) is 17.3 Å². The van der Waals surface area contributed by atoms with Gasteiger partial charge >= 0.3 is 5.97 Å². The first-order chi connectivity index (χ1) is 14.8. The molecule has 1 N–H and O–H groups in total. The highest BCUT2D eigenvalue weighted by molar-refractivity contribution is 5.91. The molecule has 4 rings (SSSR count). The van der Waals surface area contributed by atoms with Gasteiger partial charge in [-0.15, -0.1) is 0 Å². The predicted molar refractivity (Wildman–Crippen MR) is 119 cm³/mol. The number of anilines is 2. The normalized spacial score (nSPS) is 11.4. The molecule has 158 valence electrons. The Labute approximate surface area is 180 Å². The lowest BCUT2D eigenvalue weighted by Gasteiger charge is -2.20. The molecule has 0 spiro atoms. The molecule has 2 heterocycles. The average Bonchev–Trinajstić information content (AvgIpc) is 3.41. The third kappa shape index (κ3) is 4.83. The highest BCUT2D eigenvalue weighted by atomic mass is 16.6. The third-order valence-corrected chi connectivity index (χ3v) is 4.54. The van der Waals surface area contributed by atoms with Crippen LogP contribution < -0.4 is 5.32 Å². The molecule has 0 unspecified atom stereocenters. The Morgan fingerprint density at radius 3 is 2.58 bits per heavy atom. The second-order valence-electron chi connectivity index (χ2n) is 8.18. The molecule has 31 heavy (non-hydrogen) atoms. The van der Waals surface area contributed by atoms with Gasteiger partial charge in [0.05, 0.1) is 17.4 Å². The van der Waals surface area contributed by atoms with Crippen molar-refractivity contribution in [2.24, 2.45) is 0 Å². The summed E-state index contributed by atoms with van der Waals surface area (Å²) in [5, 5.41) is 7.38. The number of carbonyl (C=O) groups is 1. The van der Waals surface area contributed by atoms with Gasteiger partial charge in [-0.05, 0) is 75.7 Å². The van der Waals surface area contributed by atoms with Crippen LogP contribution in [0.5, 0.6) is 0 Å². The molecule has 7 heteroatoms. The summed E-state index contributed by atoms with van der Waals surface area (Å²) < 4.78 is 13.1. The number of hydrogen-bond donors (Lipinski definition) is 1. The van der Waals surface area contributed by atoms with E-state index in [2.05, 4.69) is 15.4 Å². The van der Waals surface area contributed by atoms with E-state index in [1.165, 1.54) is 0 Å². The zero-order valence-corrected chi connectivity index (χ0v) is 17.9. The van der Waals surface area contributed by atoms with Gasteiger partial charge in [0.25, 0.3) is 6.01 Å². The molecular formula is C24H24N4O3. The highest BCUT2D eigenvalue weighted by Gasteiger charge is 2.19. The Balaban J connectivity index is 1.51. The first-order valence-electron chi connectivity index (χ1n) is 9.96. The molecule has 0 aliphatic carbocycles. The molecule has 0 fully saturated rings. The molecule has 0 amide bonds. The number of ether oxygens (including phenoxy) is 1. The van der Waals surface area contributed by atoms with Gasteiger partial charge in [0, 0.05) is 23.6 Å². The second kappa shape index (κ2) is 8.10. The lowest BCUT2D eigenvalue weighted by molar-refractivity contribution is 0.00695. The van der Waals surface area contributed by atoms with E-state index in [1.54, 1.807) is 29.2 Å². The number of aromatic nitrogens is 3. The Morgan fingerprint density at radius 2 is 1.90 bits per heavy atom. The minimum absolute atomic E-state index is 0.343. The predicted octanol–water partition coefficient (Wildman–Crippen LogP) is 5.53. The van der Waals surface area contributed by atoms with Gasteiger partial charge in [-0.2, -0.15) is 5.10 Å². The molecule has 4 aromatic rings. The number of aryl methyl sites for hydroxylation is 1. The van der Waals surface area contributed by atoms with Crippen LogP contribution in [0.15, 0.2) is 71.5 Å². The van der Waals surface area contributed by atoms with E-state index in [4.69, 9.17) is 9.15 Å². The molecular weight excluding hydrogens is 392 g/mol. The van der Waals surface area contributed by atoms with E-state index >= 15 is 0 Å². The summed E-state index contributed by atoms with van der Waals surface area (Å²) in [6, 6.07) is 15.4. The van der Waals surface area contributed by atoms with Crippen LogP contribution in [0, 0.1) is 6.92 Å². The monoisotopic (exact) mass is 416 g/mol. The fourth-order valence-corrected chi connectivity index (χ4v) is 3.00. The summed E-state index contributed by atoms with van der Waals surface area (Å²) in [6.45, 7) is 7.47. The number of nitrogens with zero attached hydrogens (tertiary/aromatic N) is 3. The lowest BCUT2D eigenvalue weighted by Crippen LogP contribution is -2.23. The van der Waals surface area contributed by atoms with Crippen LogP contribution in [-0.2, 0) is 4.74 Å². The van der Waals surface area contributed by atoms with Crippen molar-refractivity contribution in [2.45, 2.75) is 33.3 Å². The van der Waals surface area contributed by atoms with Crippen LogP contribution in [0.4, 0.5) is 11.7 Å². The molecule has 7 nitrogen and oxygen atoms in total. The van der Waals surface area contributed by atoms with E-state index < -0.39 is 5.60 Å². The fraction of sp³-hybridized carbons (Fsp3) is 0.208. The summed E-state index contributed by atoms with van der Waals surface area (Å²) >= 11 is 0. The smallest absolute Gasteiger partial charge is 0.338 e. The topological polar surface area (TPSA) is 82.2 Å². The maximum atomic E-state index is 12.4. The lowest BCUT2D eigenvalue weighted by atomic mass is 10.1. The van der Waals surface area contributed by atoms with Crippen LogP contribution in [0.3, 0.4) is 0 Å². The summed E-state index contributed by atoms with van der Waals surface area (Å²) in [6.07, 6.45) is 5.29. The number of oxazole rings is 1. The van der Waals surface area contributed by atoms with Crippen molar-refractivity contribution in [2.75, 3.05) is 5.32 Å². The highest BCUT2D eigenvalue weighted by Crippen LogP contribution is 2.27. The van der Waals surface area contributed by atoms with Crippen LogP contribution in [0.25, 0.3) is 17.0 Å². The molecule has 0 saturated carbocycles. The molecule has 2 aromatic carbocycles. The van der Waals surface area contributed by atoms with E-state index in [1.807, 2.05) is 70.3 Å². The Morgan fingerprint density at radius 1 is 1.13 bits per heavy atom. The van der Waals surface area contributed by atoms with Crippen molar-refractivity contribution < 1.29 is 13.9 Å². The molecule has 0 bridgehead atoms. The largest absolute Gasteiger partial charge is 0.456 e. The number of benzene rings is 2. The molecule has 2 aromatic heterocycles. The van der Waals surface area contributed by atoms with Gasteiger partial charge in [0.2, 0.25) is 0 Å². The van der Waals surface area contributed by atoms with Gasteiger partial charge in [0.1, 0.15) is 5.60 Å². The number of nitrogens with one attached hydrogen (secondary N) is 1. The quantitative estimate of drug-likeness (QED) is 0.431. The number of rotatable bonds is 5. The Kier molecular flexibility index (Phi) is 5.33. The van der Waals surface area contributed by atoms with E-state index in [9.17, 15) is 4.79 Å². The first-order valence-corrected chi connectivity index (χ1v) is 9.96. The van der Waals surface area contributed by atoms with Gasteiger partial charge in [-0.1, -0.05) is 6.07 Å². The van der Waals surface area contributed by atoms with Crippen molar-refractivity contribution in [3.63, 3.8) is 0 Å². The molecule has 0 radical (unpaired) electrons. The van der Waals surface area contributed by atoms with E-state index in [0.717, 1.165) is 22.5 Å². The number of hydrogen-bond acceptors (Lipinski definition) is 6. The average molecular weight is 416 g/mol. The number of esters is 1. The molecule has 0 aliphatic heterocycles. The maximum Gasteiger partial charge on any atom is 0.338 e. The zero-order chi connectivity index (χ0) is 22.0. The van der Waals surface area contributed by atoms with Crippen molar-refractivity contribution in [1.82, 2.24) is 14.8 Å². The fourth-order valence-electron chi connectivity index (χ4n) is 3.00. The SMILES string of the molecule is Cc1ccc(C(=O)OC(C)(C)C)cc1Nc1ncc(-c2ccc(-n3cccn3)cc2)o1. The maximum absolute atomic E-state index is 12.4. The van der Waals surface area contributed by atoms with Crippen LogP contribution in [-0.4, -0.2) is 26.3 Å². The molecule has 0 aliphatic rings. The van der Waals surface area contributed by atoms with Gasteiger partial charge in [0.15, 0.2) is 5.76 Å². The van der Waals surface area contributed by atoms with Crippen LogP contribution >= 0.6 is 0 Å². The summed E-state index contributed by atoms with van der Waals surface area (Å²) in [4.78, 5) is 16.7. The van der Waals surface area contributed by atoms with E-state index in [-0.39, 0.29) is 5.97 Å². The molecule has 0 atom stereocenters. The van der Waals surface area contributed by atoms with Gasteiger partial charge in [-0.25, -0.2) is 14.5 Å². The summed E-state index contributed by atoms with van der Waals surface area (Å²) in [5.74, 6) is 0.261. The Hall–Kier alpha value is -3.87. The number of carbonyl (C=O) groups excluding carboxylic acids is 1. The first kappa shape index (κ1) is 20.4. The van der Waals surface area contributed by atoms with Crippen LogP contribution in [0.1, 0.15) is 36.7 Å². The van der Waals surface area contributed by atoms with Gasteiger partial charge < -0.3 is 14.5 Å². The van der Waals surface area contributed by atoms with Crippen LogP contribution in [0.2, 0.25) is 0 Å². The summed E-state index contributed by atoms with van der Waals surface area (Å²) in [7, 11) is 0. The Bertz CT molecular complexity index is 1190. The van der Waals surface area contributed by atoms with Crippen molar-refractivity contribution in [1.29, 1.82) is 0 Å². The second-order valence-corrected chi connectivity index (χ2v) is 8.18. The minimum atomic E-state index is -0.556.